The summed E-state index contributed by atoms with van der Waals surface area (Å²) in [6.07, 6.45) is 4.07. The maximum Gasteiger partial charge on any atom is 0.127 e. The van der Waals surface area contributed by atoms with Crippen molar-refractivity contribution in [2.75, 3.05) is 13.2 Å². The van der Waals surface area contributed by atoms with Gasteiger partial charge >= 0.3 is 0 Å². The first-order valence-corrected chi connectivity index (χ1v) is 8.85. The van der Waals surface area contributed by atoms with Crippen molar-refractivity contribution >= 4 is 6.08 Å². The van der Waals surface area contributed by atoms with Crippen LogP contribution in [-0.2, 0) is 13.1 Å². The van der Waals surface area contributed by atoms with Crippen LogP contribution in [0.5, 0.6) is 5.75 Å². The van der Waals surface area contributed by atoms with Crippen LogP contribution in [0.3, 0.4) is 0 Å². The molecule has 0 bridgehead atoms. The predicted molar refractivity (Wildman–Crippen MR) is 102 cm³/mol. The SMILES string of the molecule is Cc1ccc(CN(CC2=Cc3ccccc3OC2)Cc2ccccn2)o1. The molecule has 4 heteroatoms. The van der Waals surface area contributed by atoms with Crippen molar-refractivity contribution in [3.05, 3.63) is 89.1 Å². The molecule has 0 atom stereocenters. The molecule has 1 aliphatic heterocycles. The molecule has 0 unspecified atom stereocenters. The molecule has 3 aromatic rings. The van der Waals surface area contributed by atoms with Crippen LogP contribution >= 0.6 is 0 Å². The molecule has 4 nitrogen and oxygen atoms in total. The van der Waals surface area contributed by atoms with Crippen LogP contribution in [0.15, 0.2) is 70.8 Å². The maximum atomic E-state index is 5.91. The Morgan fingerprint density at radius 3 is 2.65 bits per heavy atom. The molecule has 0 amide bonds. The molecule has 0 radical (unpaired) electrons. The Labute approximate surface area is 153 Å². The largest absolute Gasteiger partial charge is 0.489 e. The van der Waals surface area contributed by atoms with Crippen LogP contribution in [0, 0.1) is 6.92 Å². The molecular formula is C22H22N2O2. The van der Waals surface area contributed by atoms with Crippen LogP contribution in [0.4, 0.5) is 0 Å². The molecule has 1 aromatic carbocycles. The first-order chi connectivity index (χ1) is 12.8. The van der Waals surface area contributed by atoms with Gasteiger partial charge in [0.2, 0.25) is 0 Å². The Bertz CT molecular complexity index is 899. The topological polar surface area (TPSA) is 38.5 Å². The number of aromatic nitrogens is 1. The van der Waals surface area contributed by atoms with E-state index in [0.717, 1.165) is 48.2 Å². The Morgan fingerprint density at radius 1 is 0.962 bits per heavy atom. The lowest BCUT2D eigenvalue weighted by Gasteiger charge is -2.25. The highest BCUT2D eigenvalue weighted by Crippen LogP contribution is 2.26. The standard InChI is InChI=1S/C22H22N2O2/c1-17-9-10-21(26-17)15-24(14-20-7-4-5-11-23-20)13-18-12-19-6-2-3-8-22(19)25-16-18/h2-12H,13-16H2,1H3. The Morgan fingerprint density at radius 2 is 1.85 bits per heavy atom. The van der Waals surface area contributed by atoms with Gasteiger partial charge in [-0.15, -0.1) is 0 Å². The van der Waals surface area contributed by atoms with E-state index in [9.17, 15) is 0 Å². The van der Waals surface area contributed by atoms with Gasteiger partial charge in [-0.25, -0.2) is 0 Å². The van der Waals surface area contributed by atoms with Gasteiger partial charge in [0.1, 0.15) is 23.9 Å². The zero-order chi connectivity index (χ0) is 17.8. The number of nitrogens with zero attached hydrogens (tertiary/aromatic N) is 2. The summed E-state index contributed by atoms with van der Waals surface area (Å²) in [6.45, 7) is 4.90. The van der Waals surface area contributed by atoms with Crippen LogP contribution in [-0.4, -0.2) is 23.0 Å². The molecule has 0 fully saturated rings. The number of pyridine rings is 1. The summed E-state index contributed by atoms with van der Waals surface area (Å²) in [6, 6.07) is 18.2. The molecule has 1 aliphatic rings. The van der Waals surface area contributed by atoms with Gasteiger partial charge in [0.25, 0.3) is 0 Å². The highest BCUT2D eigenvalue weighted by molar-refractivity contribution is 5.62. The van der Waals surface area contributed by atoms with E-state index in [1.54, 1.807) is 0 Å². The predicted octanol–water partition coefficient (Wildman–Crippen LogP) is 4.46. The number of furan rings is 1. The second-order valence-corrected chi connectivity index (χ2v) is 6.61. The quantitative estimate of drug-likeness (QED) is 0.660. The smallest absolute Gasteiger partial charge is 0.127 e. The highest BCUT2D eigenvalue weighted by atomic mass is 16.5. The van der Waals surface area contributed by atoms with Gasteiger partial charge in [-0.3, -0.25) is 9.88 Å². The summed E-state index contributed by atoms with van der Waals surface area (Å²) in [5.41, 5.74) is 3.44. The molecule has 3 heterocycles. The number of aryl methyl sites for hydroxylation is 1. The van der Waals surface area contributed by atoms with Crippen molar-refractivity contribution in [3.8, 4) is 5.75 Å². The van der Waals surface area contributed by atoms with Gasteiger partial charge in [-0.05, 0) is 48.9 Å². The summed E-state index contributed by atoms with van der Waals surface area (Å²) in [7, 11) is 0. The average Bonchev–Trinajstić information content (AvgIpc) is 3.07. The Hall–Kier alpha value is -2.85. The molecule has 0 aliphatic carbocycles. The summed E-state index contributed by atoms with van der Waals surface area (Å²) in [5.74, 6) is 2.86. The van der Waals surface area contributed by atoms with Gasteiger partial charge in [-0.2, -0.15) is 0 Å². The number of para-hydroxylation sites is 1. The summed E-state index contributed by atoms with van der Waals surface area (Å²) in [5, 5.41) is 0. The number of ether oxygens (including phenoxy) is 1. The van der Waals surface area contributed by atoms with E-state index in [2.05, 4.69) is 28.1 Å². The second-order valence-electron chi connectivity index (χ2n) is 6.61. The lowest BCUT2D eigenvalue weighted by Crippen LogP contribution is -2.28. The Balaban J connectivity index is 1.53. The minimum Gasteiger partial charge on any atom is -0.489 e. The molecule has 4 rings (SSSR count). The van der Waals surface area contributed by atoms with Crippen LogP contribution < -0.4 is 4.74 Å². The van der Waals surface area contributed by atoms with Gasteiger partial charge < -0.3 is 9.15 Å². The summed E-state index contributed by atoms with van der Waals surface area (Å²) < 4.78 is 11.7. The van der Waals surface area contributed by atoms with Gasteiger partial charge in [0.15, 0.2) is 0 Å². The van der Waals surface area contributed by atoms with E-state index in [0.29, 0.717) is 6.61 Å². The van der Waals surface area contributed by atoms with Crippen molar-refractivity contribution in [2.24, 2.45) is 0 Å². The van der Waals surface area contributed by atoms with E-state index >= 15 is 0 Å². The van der Waals surface area contributed by atoms with Gasteiger partial charge in [0, 0.05) is 24.8 Å². The molecule has 0 spiro atoms. The lowest BCUT2D eigenvalue weighted by molar-refractivity contribution is 0.237. The van der Waals surface area contributed by atoms with Crippen molar-refractivity contribution in [1.82, 2.24) is 9.88 Å². The third kappa shape index (κ3) is 4.03. The van der Waals surface area contributed by atoms with Crippen molar-refractivity contribution in [3.63, 3.8) is 0 Å². The Kier molecular flexibility index (Phi) is 4.84. The van der Waals surface area contributed by atoms with Crippen LogP contribution in [0.2, 0.25) is 0 Å². The first-order valence-electron chi connectivity index (χ1n) is 8.85. The lowest BCUT2D eigenvalue weighted by atomic mass is 10.1. The number of benzene rings is 1. The molecular weight excluding hydrogens is 324 g/mol. The van der Waals surface area contributed by atoms with Gasteiger partial charge in [-0.1, -0.05) is 24.3 Å². The molecule has 0 N–H and O–H groups in total. The number of hydrogen-bond acceptors (Lipinski definition) is 4. The number of rotatable bonds is 6. The average molecular weight is 346 g/mol. The van der Waals surface area contributed by atoms with E-state index in [1.165, 1.54) is 5.57 Å². The van der Waals surface area contributed by atoms with E-state index in [4.69, 9.17) is 9.15 Å². The minimum absolute atomic E-state index is 0.618. The number of fused-ring (bicyclic) bond motifs is 1. The third-order valence-corrected chi connectivity index (χ3v) is 4.41. The fraction of sp³-hybridized carbons (Fsp3) is 0.227. The maximum absolute atomic E-state index is 5.91. The summed E-state index contributed by atoms with van der Waals surface area (Å²) in [4.78, 5) is 6.81. The fourth-order valence-corrected chi connectivity index (χ4v) is 3.22. The van der Waals surface area contributed by atoms with Crippen molar-refractivity contribution in [1.29, 1.82) is 0 Å². The van der Waals surface area contributed by atoms with E-state index in [1.807, 2.05) is 55.6 Å². The highest BCUT2D eigenvalue weighted by Gasteiger charge is 2.16. The van der Waals surface area contributed by atoms with Crippen LogP contribution in [0.25, 0.3) is 6.08 Å². The van der Waals surface area contributed by atoms with Crippen LogP contribution in [0.1, 0.15) is 22.8 Å². The molecule has 2 aromatic heterocycles. The first kappa shape index (κ1) is 16.6. The van der Waals surface area contributed by atoms with E-state index in [-0.39, 0.29) is 0 Å². The fourth-order valence-electron chi connectivity index (χ4n) is 3.22. The normalized spacial score (nSPS) is 13.2. The minimum atomic E-state index is 0.618. The monoisotopic (exact) mass is 346 g/mol. The number of hydrogen-bond donors (Lipinski definition) is 0. The molecule has 0 saturated carbocycles. The zero-order valence-corrected chi connectivity index (χ0v) is 14.9. The summed E-state index contributed by atoms with van der Waals surface area (Å²) >= 11 is 0. The molecule has 132 valence electrons. The van der Waals surface area contributed by atoms with Crippen molar-refractivity contribution in [2.45, 2.75) is 20.0 Å². The third-order valence-electron chi connectivity index (χ3n) is 4.41. The van der Waals surface area contributed by atoms with Crippen molar-refractivity contribution < 1.29 is 9.15 Å². The molecule has 0 saturated heterocycles. The molecule has 26 heavy (non-hydrogen) atoms. The van der Waals surface area contributed by atoms with Gasteiger partial charge in [0.05, 0.1) is 12.2 Å². The second kappa shape index (κ2) is 7.58. The van der Waals surface area contributed by atoms with E-state index < -0.39 is 0 Å². The zero-order valence-electron chi connectivity index (χ0n) is 14.9.